The molecule has 0 bridgehead atoms. The second-order valence-corrected chi connectivity index (χ2v) is 10.9. The zero-order valence-corrected chi connectivity index (χ0v) is 18.4. The molecule has 3 rings (SSSR count). The Balaban J connectivity index is 1.69. The Hall–Kier alpha value is -1.66. The minimum Gasteiger partial charge on any atom is -0.341 e. The number of carbonyl (C=O) groups is 1. The third-order valence-corrected chi connectivity index (χ3v) is 8.03. The summed E-state index contributed by atoms with van der Waals surface area (Å²) in [5.74, 6) is 0.449. The number of sulfonamides is 1. The summed E-state index contributed by atoms with van der Waals surface area (Å²) in [6.45, 7) is 12.2. The average Bonchev–Trinajstić information content (AvgIpc) is 3.24. The molecule has 0 unspecified atom stereocenters. The molecule has 2 atom stereocenters. The normalized spacial score (nSPS) is 25.1. The SMILES string of the molecule is CC(C)=C[C@H]1[C@H](C(=O)N2CCCN(S(=O)(=O)c3ccc(C)cc3)CC2)C1(C)C. The monoisotopic (exact) mass is 404 g/mol. The highest BCUT2D eigenvalue weighted by Gasteiger charge is 2.61. The molecule has 28 heavy (non-hydrogen) atoms. The van der Waals surface area contributed by atoms with Gasteiger partial charge in [-0.15, -0.1) is 0 Å². The zero-order chi connectivity index (χ0) is 20.7. The van der Waals surface area contributed by atoms with Crippen molar-refractivity contribution in [3.8, 4) is 0 Å². The molecular weight excluding hydrogens is 372 g/mol. The van der Waals surface area contributed by atoms with E-state index in [1.54, 1.807) is 12.1 Å². The number of benzene rings is 1. The Morgan fingerprint density at radius 1 is 1.07 bits per heavy atom. The first-order valence-corrected chi connectivity index (χ1v) is 11.5. The van der Waals surface area contributed by atoms with Gasteiger partial charge in [0.1, 0.15) is 0 Å². The van der Waals surface area contributed by atoms with E-state index in [1.807, 2.05) is 24.0 Å². The molecule has 0 N–H and O–H groups in total. The molecule has 5 nitrogen and oxygen atoms in total. The molecule has 1 aromatic rings. The van der Waals surface area contributed by atoms with Crippen LogP contribution in [0, 0.1) is 24.2 Å². The van der Waals surface area contributed by atoms with E-state index in [9.17, 15) is 13.2 Å². The van der Waals surface area contributed by atoms with Crippen molar-refractivity contribution in [2.24, 2.45) is 17.3 Å². The van der Waals surface area contributed by atoms with Gasteiger partial charge in [-0.2, -0.15) is 4.31 Å². The van der Waals surface area contributed by atoms with Crippen LogP contribution in [0.1, 0.15) is 39.7 Å². The van der Waals surface area contributed by atoms with Crippen LogP contribution >= 0.6 is 0 Å². The smallest absolute Gasteiger partial charge is 0.243 e. The zero-order valence-electron chi connectivity index (χ0n) is 17.6. The molecule has 0 aromatic heterocycles. The fraction of sp³-hybridized carbons (Fsp3) is 0.591. The maximum absolute atomic E-state index is 13.1. The lowest BCUT2D eigenvalue weighted by Gasteiger charge is -2.22. The van der Waals surface area contributed by atoms with Gasteiger partial charge in [0.25, 0.3) is 0 Å². The van der Waals surface area contributed by atoms with Gasteiger partial charge in [0.05, 0.1) is 10.8 Å². The van der Waals surface area contributed by atoms with Gasteiger partial charge >= 0.3 is 0 Å². The molecule has 1 heterocycles. The summed E-state index contributed by atoms with van der Waals surface area (Å²) in [4.78, 5) is 15.3. The van der Waals surface area contributed by atoms with Gasteiger partial charge in [-0.1, -0.05) is 43.2 Å². The van der Waals surface area contributed by atoms with Gasteiger partial charge in [0.2, 0.25) is 15.9 Å². The van der Waals surface area contributed by atoms with Crippen molar-refractivity contribution in [3.05, 3.63) is 41.5 Å². The number of aryl methyl sites for hydroxylation is 1. The predicted molar refractivity (Wildman–Crippen MR) is 111 cm³/mol. The van der Waals surface area contributed by atoms with Crippen LogP contribution in [0.5, 0.6) is 0 Å². The highest BCUT2D eigenvalue weighted by Crippen LogP contribution is 2.60. The third-order valence-electron chi connectivity index (χ3n) is 6.11. The summed E-state index contributed by atoms with van der Waals surface area (Å²) >= 11 is 0. The minimum absolute atomic E-state index is 0.00246. The molecule has 1 saturated carbocycles. The van der Waals surface area contributed by atoms with Crippen molar-refractivity contribution in [3.63, 3.8) is 0 Å². The van der Waals surface area contributed by atoms with Crippen molar-refractivity contribution in [1.82, 2.24) is 9.21 Å². The van der Waals surface area contributed by atoms with Crippen molar-refractivity contribution in [2.75, 3.05) is 26.2 Å². The summed E-state index contributed by atoms with van der Waals surface area (Å²) in [6.07, 6.45) is 2.87. The summed E-state index contributed by atoms with van der Waals surface area (Å²) in [7, 11) is -3.52. The molecule has 154 valence electrons. The molecule has 1 aliphatic heterocycles. The Labute approximate surface area is 169 Å². The van der Waals surface area contributed by atoms with Crippen molar-refractivity contribution in [1.29, 1.82) is 0 Å². The first-order valence-electron chi connectivity index (χ1n) is 10.1. The third kappa shape index (κ3) is 4.03. The first kappa shape index (κ1) is 21.1. The lowest BCUT2D eigenvalue weighted by molar-refractivity contribution is -0.133. The van der Waals surface area contributed by atoms with Gasteiger partial charge in [0.15, 0.2) is 0 Å². The van der Waals surface area contributed by atoms with Gasteiger partial charge in [-0.3, -0.25) is 4.79 Å². The summed E-state index contributed by atoms with van der Waals surface area (Å²) in [6, 6.07) is 6.96. The molecule has 6 heteroatoms. The van der Waals surface area contributed by atoms with E-state index in [1.165, 1.54) is 9.88 Å². The maximum Gasteiger partial charge on any atom is 0.243 e. The van der Waals surface area contributed by atoms with Crippen LogP contribution in [0.25, 0.3) is 0 Å². The van der Waals surface area contributed by atoms with Crippen LogP contribution in [-0.4, -0.2) is 49.7 Å². The number of hydrogen-bond acceptors (Lipinski definition) is 3. The van der Waals surface area contributed by atoms with Gasteiger partial charge in [-0.05, 0) is 50.7 Å². The van der Waals surface area contributed by atoms with Crippen LogP contribution in [-0.2, 0) is 14.8 Å². The fourth-order valence-corrected chi connectivity index (χ4v) is 5.70. The Kier molecular flexibility index (Phi) is 5.74. The van der Waals surface area contributed by atoms with Crippen molar-refractivity contribution in [2.45, 2.75) is 45.9 Å². The van der Waals surface area contributed by atoms with Crippen LogP contribution in [0.4, 0.5) is 0 Å². The predicted octanol–water partition coefficient (Wildman–Crippen LogP) is 3.46. The Morgan fingerprint density at radius 3 is 2.32 bits per heavy atom. The first-order chi connectivity index (χ1) is 13.0. The molecule has 1 aromatic carbocycles. The highest BCUT2D eigenvalue weighted by molar-refractivity contribution is 7.89. The van der Waals surface area contributed by atoms with E-state index in [2.05, 4.69) is 33.8 Å². The molecule has 0 radical (unpaired) electrons. The lowest BCUT2D eigenvalue weighted by atomic mass is 10.1. The number of nitrogens with zero attached hydrogens (tertiary/aromatic N) is 2. The number of allylic oxidation sites excluding steroid dienone is 2. The highest BCUT2D eigenvalue weighted by atomic mass is 32.2. The van der Waals surface area contributed by atoms with E-state index >= 15 is 0 Å². The molecular formula is C22H32N2O3S. The largest absolute Gasteiger partial charge is 0.341 e. The van der Waals surface area contributed by atoms with E-state index in [-0.39, 0.29) is 23.2 Å². The maximum atomic E-state index is 13.1. The molecule has 2 fully saturated rings. The van der Waals surface area contributed by atoms with E-state index in [0.29, 0.717) is 37.5 Å². The Bertz CT molecular complexity index is 868. The van der Waals surface area contributed by atoms with E-state index in [0.717, 1.165) is 5.56 Å². The molecule has 2 aliphatic rings. The van der Waals surface area contributed by atoms with Crippen LogP contribution < -0.4 is 0 Å². The van der Waals surface area contributed by atoms with Crippen molar-refractivity contribution < 1.29 is 13.2 Å². The lowest BCUT2D eigenvalue weighted by Crippen LogP contribution is -2.38. The Morgan fingerprint density at radius 2 is 1.71 bits per heavy atom. The topological polar surface area (TPSA) is 57.7 Å². The summed E-state index contributed by atoms with van der Waals surface area (Å²) in [5.41, 5.74) is 2.25. The fourth-order valence-electron chi connectivity index (χ4n) is 4.23. The second-order valence-electron chi connectivity index (χ2n) is 8.96. The average molecular weight is 405 g/mol. The standard InChI is InChI=1S/C22H32N2O3S/c1-16(2)15-19-20(22(19,4)5)21(25)23-11-6-12-24(14-13-23)28(26,27)18-9-7-17(3)8-10-18/h7-10,15,19-20H,6,11-14H2,1-5H3/t19-,20+/m0/s1. The number of rotatable bonds is 4. The minimum atomic E-state index is -3.52. The number of hydrogen-bond donors (Lipinski definition) is 0. The van der Waals surface area contributed by atoms with Crippen LogP contribution in [0.2, 0.25) is 0 Å². The van der Waals surface area contributed by atoms with E-state index < -0.39 is 10.0 Å². The quantitative estimate of drug-likeness (QED) is 0.722. The van der Waals surface area contributed by atoms with Crippen molar-refractivity contribution >= 4 is 15.9 Å². The van der Waals surface area contributed by atoms with Gasteiger partial charge in [0, 0.05) is 26.2 Å². The van der Waals surface area contributed by atoms with Gasteiger partial charge < -0.3 is 4.90 Å². The number of carbonyl (C=O) groups excluding carboxylic acids is 1. The molecule has 1 saturated heterocycles. The van der Waals surface area contributed by atoms with Gasteiger partial charge in [-0.25, -0.2) is 8.42 Å². The summed E-state index contributed by atoms with van der Waals surface area (Å²) in [5, 5.41) is 0. The second kappa shape index (κ2) is 7.64. The van der Waals surface area contributed by atoms with E-state index in [4.69, 9.17) is 0 Å². The molecule has 1 aliphatic carbocycles. The number of amides is 1. The van der Waals surface area contributed by atoms with Crippen LogP contribution in [0.3, 0.4) is 0 Å². The summed E-state index contributed by atoms with van der Waals surface area (Å²) < 4.78 is 27.5. The molecule has 0 spiro atoms. The van der Waals surface area contributed by atoms with Crippen LogP contribution in [0.15, 0.2) is 40.8 Å². The molecule has 1 amide bonds.